The summed E-state index contributed by atoms with van der Waals surface area (Å²) in [4.78, 5) is 12.0. The van der Waals surface area contributed by atoms with Crippen LogP contribution < -0.4 is 14.8 Å². The molecule has 1 aromatic rings. The molecular formula is C13H18N3O5S+. The lowest BCUT2D eigenvalue weighted by molar-refractivity contribution is -0.755. The average molecular weight is 328 g/mol. The zero-order chi connectivity index (χ0) is 16.3. The number of hydroxylamine groups is 1. The molecule has 120 valence electrons. The van der Waals surface area contributed by atoms with Gasteiger partial charge in [-0.15, -0.1) is 0 Å². The lowest BCUT2D eigenvalue weighted by Gasteiger charge is -2.11. The second-order valence-corrected chi connectivity index (χ2v) is 6.56. The molecule has 0 saturated carbocycles. The Morgan fingerprint density at radius 2 is 2.05 bits per heavy atom. The summed E-state index contributed by atoms with van der Waals surface area (Å²) < 4.78 is 32.2. The fourth-order valence-corrected chi connectivity index (χ4v) is 3.09. The third-order valence-electron chi connectivity index (χ3n) is 3.37. The van der Waals surface area contributed by atoms with Crippen molar-refractivity contribution in [3.8, 4) is 5.75 Å². The summed E-state index contributed by atoms with van der Waals surface area (Å²) in [6.07, 6.45) is 0.247. The van der Waals surface area contributed by atoms with Gasteiger partial charge in [0.1, 0.15) is 5.75 Å². The van der Waals surface area contributed by atoms with Crippen molar-refractivity contribution in [2.24, 2.45) is 0 Å². The predicted octanol–water partition coefficient (Wildman–Crippen LogP) is -0.665. The zero-order valence-corrected chi connectivity index (χ0v) is 13.1. The molecule has 0 unspecified atom stereocenters. The van der Waals surface area contributed by atoms with Crippen LogP contribution in [0.1, 0.15) is 6.42 Å². The lowest BCUT2D eigenvalue weighted by Crippen LogP contribution is -2.43. The highest BCUT2D eigenvalue weighted by molar-refractivity contribution is 7.90. The fraction of sp³-hybridized carbons (Fsp3) is 0.385. The Hall–Kier alpha value is -2.13. The number of rotatable bonds is 4. The minimum absolute atomic E-state index is 0.0249. The minimum Gasteiger partial charge on any atom is -0.497 e. The van der Waals surface area contributed by atoms with E-state index in [-0.39, 0.29) is 11.3 Å². The second kappa shape index (κ2) is 6.32. The number of ether oxygens (including phenoxy) is 1. The number of nitrogens with one attached hydrogen (secondary N) is 2. The topological polar surface area (TPSA) is 108 Å². The van der Waals surface area contributed by atoms with Crippen LogP contribution >= 0.6 is 0 Å². The Morgan fingerprint density at radius 3 is 2.55 bits per heavy atom. The SMILES string of the molecule is COc1ccc(S(=O)(=O)NC(=O)[C@H]2C/C(=[N+](/C)O)CN2)cc1. The number of carbonyl (C=O) groups is 1. The maximum Gasteiger partial charge on any atom is 0.264 e. The number of carbonyl (C=O) groups excluding carboxylic acids is 1. The van der Waals surface area contributed by atoms with Crippen LogP contribution in [0.15, 0.2) is 29.2 Å². The molecule has 3 N–H and O–H groups in total. The van der Waals surface area contributed by atoms with Crippen LogP contribution in [-0.4, -0.2) is 56.7 Å². The van der Waals surface area contributed by atoms with Crippen LogP contribution in [-0.2, 0) is 14.8 Å². The van der Waals surface area contributed by atoms with Crippen LogP contribution in [0.3, 0.4) is 0 Å². The van der Waals surface area contributed by atoms with Crippen LogP contribution in [0.25, 0.3) is 0 Å². The summed E-state index contributed by atoms with van der Waals surface area (Å²) >= 11 is 0. The number of nitrogens with zero attached hydrogens (tertiary/aromatic N) is 1. The predicted molar refractivity (Wildman–Crippen MR) is 77.7 cm³/mol. The van der Waals surface area contributed by atoms with Crippen molar-refractivity contribution in [3.05, 3.63) is 24.3 Å². The van der Waals surface area contributed by atoms with Crippen molar-refractivity contribution in [1.29, 1.82) is 0 Å². The Morgan fingerprint density at radius 1 is 1.41 bits per heavy atom. The maximum absolute atomic E-state index is 12.1. The smallest absolute Gasteiger partial charge is 0.264 e. The molecule has 0 aromatic heterocycles. The fourth-order valence-electron chi connectivity index (χ4n) is 2.07. The zero-order valence-electron chi connectivity index (χ0n) is 12.2. The summed E-state index contributed by atoms with van der Waals surface area (Å²) in [5, 5.41) is 12.2. The van der Waals surface area contributed by atoms with Crippen LogP contribution in [0, 0.1) is 0 Å². The van der Waals surface area contributed by atoms with E-state index in [0.29, 0.717) is 18.0 Å². The summed E-state index contributed by atoms with van der Waals surface area (Å²) in [5.41, 5.74) is 0.613. The number of hydrogen-bond acceptors (Lipinski definition) is 6. The number of methoxy groups -OCH3 is 1. The molecule has 1 amide bonds. The average Bonchev–Trinajstić information content (AvgIpc) is 2.97. The van der Waals surface area contributed by atoms with Gasteiger partial charge < -0.3 is 4.74 Å². The summed E-state index contributed by atoms with van der Waals surface area (Å²) in [5.74, 6) is -0.138. The summed E-state index contributed by atoms with van der Waals surface area (Å²) in [7, 11) is -1.01. The molecule has 0 spiro atoms. The van der Waals surface area contributed by atoms with Crippen LogP contribution in [0.5, 0.6) is 5.75 Å². The molecule has 1 fully saturated rings. The van der Waals surface area contributed by atoms with E-state index in [1.54, 1.807) is 0 Å². The van der Waals surface area contributed by atoms with E-state index in [2.05, 4.69) is 5.32 Å². The molecule has 9 heteroatoms. The molecule has 8 nitrogen and oxygen atoms in total. The van der Waals surface area contributed by atoms with Gasteiger partial charge in [-0.25, -0.2) is 13.1 Å². The molecule has 0 bridgehead atoms. The van der Waals surface area contributed by atoms with Crippen molar-refractivity contribution >= 4 is 21.6 Å². The van der Waals surface area contributed by atoms with Crippen molar-refractivity contribution in [3.63, 3.8) is 0 Å². The monoisotopic (exact) mass is 328 g/mol. The Labute approximate surface area is 128 Å². The van der Waals surface area contributed by atoms with E-state index in [9.17, 15) is 18.4 Å². The number of benzene rings is 1. The largest absolute Gasteiger partial charge is 0.497 e. The van der Waals surface area contributed by atoms with E-state index >= 15 is 0 Å². The van der Waals surface area contributed by atoms with E-state index in [1.807, 2.05) is 4.72 Å². The highest BCUT2D eigenvalue weighted by Gasteiger charge is 2.33. The Balaban J connectivity index is 2.08. The third-order valence-corrected chi connectivity index (χ3v) is 4.73. The van der Waals surface area contributed by atoms with Crippen LogP contribution in [0.4, 0.5) is 0 Å². The van der Waals surface area contributed by atoms with Gasteiger partial charge in [0.15, 0.2) is 7.05 Å². The highest BCUT2D eigenvalue weighted by Crippen LogP contribution is 2.15. The lowest BCUT2D eigenvalue weighted by atomic mass is 10.2. The van der Waals surface area contributed by atoms with E-state index in [0.717, 1.165) is 4.74 Å². The van der Waals surface area contributed by atoms with E-state index in [4.69, 9.17) is 4.74 Å². The Kier molecular flexibility index (Phi) is 4.67. The molecule has 1 heterocycles. The van der Waals surface area contributed by atoms with Gasteiger partial charge >= 0.3 is 0 Å². The molecule has 1 atom stereocenters. The minimum atomic E-state index is -3.94. The van der Waals surface area contributed by atoms with Crippen LogP contribution in [0.2, 0.25) is 0 Å². The van der Waals surface area contributed by atoms with Gasteiger partial charge in [-0.2, -0.15) is 0 Å². The third kappa shape index (κ3) is 3.55. The molecule has 1 aliphatic rings. The molecular weight excluding hydrogens is 310 g/mol. The first kappa shape index (κ1) is 16.2. The van der Waals surface area contributed by atoms with Gasteiger partial charge in [0.25, 0.3) is 15.9 Å². The van der Waals surface area contributed by atoms with Gasteiger partial charge in [-0.1, -0.05) is 0 Å². The van der Waals surface area contributed by atoms with E-state index < -0.39 is 22.0 Å². The first-order valence-corrected chi connectivity index (χ1v) is 8.03. The maximum atomic E-state index is 12.1. The van der Waals surface area contributed by atoms with Gasteiger partial charge in [-0.3, -0.25) is 15.3 Å². The number of sulfonamides is 1. The second-order valence-electron chi connectivity index (χ2n) is 4.87. The summed E-state index contributed by atoms with van der Waals surface area (Å²) in [6.45, 7) is 0.327. The van der Waals surface area contributed by atoms with Gasteiger partial charge in [0, 0.05) is 0 Å². The van der Waals surface area contributed by atoms with Gasteiger partial charge in [-0.05, 0) is 29.0 Å². The molecule has 1 aromatic carbocycles. The molecule has 1 saturated heterocycles. The highest BCUT2D eigenvalue weighted by atomic mass is 32.2. The normalized spacial score (nSPS) is 20.5. The van der Waals surface area contributed by atoms with Gasteiger partial charge in [0.2, 0.25) is 5.71 Å². The first-order chi connectivity index (χ1) is 10.3. The Bertz CT molecular complexity index is 693. The van der Waals surface area contributed by atoms with Crippen molar-refractivity contribution in [1.82, 2.24) is 10.0 Å². The van der Waals surface area contributed by atoms with Crippen molar-refractivity contribution in [2.75, 3.05) is 20.7 Å². The number of amides is 1. The van der Waals surface area contributed by atoms with Crippen molar-refractivity contribution in [2.45, 2.75) is 17.4 Å². The quantitative estimate of drug-likeness (QED) is 0.384. The molecule has 0 aliphatic carbocycles. The van der Waals surface area contributed by atoms with E-state index in [1.165, 1.54) is 38.4 Å². The van der Waals surface area contributed by atoms with Gasteiger partial charge in [0.05, 0.1) is 31.0 Å². The molecule has 2 rings (SSSR count). The molecule has 0 radical (unpaired) electrons. The molecule has 1 aliphatic heterocycles. The van der Waals surface area contributed by atoms with Crippen molar-refractivity contribution < 1.29 is 27.9 Å². The summed E-state index contributed by atoms with van der Waals surface area (Å²) in [6, 6.07) is 5.02. The first-order valence-electron chi connectivity index (χ1n) is 6.55. The standard InChI is InChI=1S/C13H17N3O5S/c1-16(18)9-7-12(14-8-9)13(17)15-22(19,20)11-5-3-10(21-2)4-6-11/h3-6,12,14H,7-8H2,1-2H3,(H-,15,17,18)/p+1/b16-9+/t12-/m1/s1. The number of hydrogen-bond donors (Lipinski definition) is 3. The molecule has 22 heavy (non-hydrogen) atoms.